The Morgan fingerprint density at radius 3 is 2.85 bits per heavy atom. The number of nitrogens with one attached hydrogen (secondary N) is 1. The highest BCUT2D eigenvalue weighted by Crippen LogP contribution is 2.27. The van der Waals surface area contributed by atoms with E-state index in [4.69, 9.17) is 0 Å². The highest BCUT2D eigenvalue weighted by Gasteiger charge is 2.35. The predicted molar refractivity (Wildman–Crippen MR) is 53.1 cm³/mol. The van der Waals surface area contributed by atoms with Crippen molar-refractivity contribution in [1.82, 2.24) is 4.72 Å². The van der Waals surface area contributed by atoms with Gasteiger partial charge in [-0.1, -0.05) is 6.07 Å². The van der Waals surface area contributed by atoms with Crippen LogP contribution < -0.4 is 4.72 Å². The van der Waals surface area contributed by atoms with Gasteiger partial charge in [-0.25, -0.2) is 13.1 Å². The van der Waals surface area contributed by atoms with Crippen molar-refractivity contribution in [2.24, 2.45) is 0 Å². The molecule has 1 aliphatic carbocycles. The fraction of sp³-hybridized carbons (Fsp3) is 0.500. The maximum Gasteiger partial charge on any atom is 0.214 e. The zero-order chi connectivity index (χ0) is 9.31. The second kappa shape index (κ2) is 3.40. The van der Waals surface area contributed by atoms with Crippen LogP contribution in [0.15, 0.2) is 17.5 Å². The van der Waals surface area contributed by atoms with Crippen molar-refractivity contribution in [3.63, 3.8) is 0 Å². The average molecular weight is 217 g/mol. The molecule has 1 N–H and O–H groups in total. The van der Waals surface area contributed by atoms with Gasteiger partial charge in [0.2, 0.25) is 10.0 Å². The van der Waals surface area contributed by atoms with E-state index in [2.05, 4.69) is 4.72 Å². The number of rotatable bonds is 4. The molecule has 1 aromatic heterocycles. The largest absolute Gasteiger partial charge is 0.214 e. The predicted octanol–water partition coefficient (Wildman–Crippen LogP) is 1.33. The second-order valence-corrected chi connectivity index (χ2v) is 6.22. The third kappa shape index (κ3) is 2.30. The number of thiophene rings is 1. The van der Waals surface area contributed by atoms with Crippen LogP contribution in [0.25, 0.3) is 0 Å². The van der Waals surface area contributed by atoms with Crippen LogP contribution in [0.2, 0.25) is 0 Å². The van der Waals surface area contributed by atoms with E-state index in [-0.39, 0.29) is 5.25 Å². The molecule has 0 aromatic carbocycles. The second-order valence-electron chi connectivity index (χ2n) is 3.14. The molecule has 3 nitrogen and oxygen atoms in total. The highest BCUT2D eigenvalue weighted by molar-refractivity contribution is 7.90. The van der Waals surface area contributed by atoms with Gasteiger partial charge < -0.3 is 0 Å². The molecular weight excluding hydrogens is 206 g/mol. The van der Waals surface area contributed by atoms with Gasteiger partial charge in [0.25, 0.3) is 0 Å². The maximum absolute atomic E-state index is 11.4. The lowest BCUT2D eigenvalue weighted by molar-refractivity contribution is 0.580. The van der Waals surface area contributed by atoms with Crippen LogP contribution in [-0.4, -0.2) is 13.7 Å². The zero-order valence-electron chi connectivity index (χ0n) is 7.06. The van der Waals surface area contributed by atoms with Crippen molar-refractivity contribution >= 4 is 21.4 Å². The van der Waals surface area contributed by atoms with Gasteiger partial charge in [0.15, 0.2) is 0 Å². The Kier molecular flexibility index (Phi) is 2.40. The first-order valence-corrected chi connectivity index (χ1v) is 6.62. The number of sulfonamides is 1. The molecule has 0 spiro atoms. The standard InChI is InChI=1S/C8H11NO2S2/c10-13(11,8-3-4-8)9-6-7-2-1-5-12-7/h1-2,5,8-9H,3-4,6H2. The number of hydrogen-bond acceptors (Lipinski definition) is 3. The smallest absolute Gasteiger partial charge is 0.212 e. The van der Waals surface area contributed by atoms with Gasteiger partial charge in [-0.15, -0.1) is 11.3 Å². The van der Waals surface area contributed by atoms with Crippen molar-refractivity contribution in [2.75, 3.05) is 0 Å². The van der Waals surface area contributed by atoms with E-state index in [0.717, 1.165) is 17.7 Å². The van der Waals surface area contributed by atoms with Crippen molar-refractivity contribution in [3.05, 3.63) is 22.4 Å². The molecule has 0 amide bonds. The molecular formula is C8H11NO2S2. The summed E-state index contributed by atoms with van der Waals surface area (Å²) in [6.07, 6.45) is 1.64. The Bertz CT molecular complexity index is 365. The van der Waals surface area contributed by atoms with E-state index in [0.29, 0.717) is 6.54 Å². The molecule has 0 atom stereocenters. The summed E-state index contributed by atoms with van der Waals surface area (Å²) in [5.41, 5.74) is 0. The Balaban J connectivity index is 1.92. The Hall–Kier alpha value is -0.390. The first-order chi connectivity index (χ1) is 6.18. The minimum Gasteiger partial charge on any atom is -0.212 e. The van der Waals surface area contributed by atoms with Crippen LogP contribution in [-0.2, 0) is 16.6 Å². The van der Waals surface area contributed by atoms with E-state index in [1.54, 1.807) is 11.3 Å². The SMILES string of the molecule is O=S(=O)(NCc1cccs1)C1CC1. The molecule has 0 bridgehead atoms. The minimum absolute atomic E-state index is 0.118. The van der Waals surface area contributed by atoms with E-state index in [1.807, 2.05) is 17.5 Å². The molecule has 1 aliphatic rings. The third-order valence-corrected chi connectivity index (χ3v) is 4.76. The third-order valence-electron chi connectivity index (χ3n) is 1.99. The van der Waals surface area contributed by atoms with Gasteiger partial charge in [0.05, 0.1) is 5.25 Å². The van der Waals surface area contributed by atoms with Crippen LogP contribution in [0.1, 0.15) is 17.7 Å². The maximum atomic E-state index is 11.4. The first-order valence-electron chi connectivity index (χ1n) is 4.19. The summed E-state index contributed by atoms with van der Waals surface area (Å²) in [6.45, 7) is 0.441. The summed E-state index contributed by atoms with van der Waals surface area (Å²) in [5, 5.41) is 1.83. The van der Waals surface area contributed by atoms with E-state index < -0.39 is 10.0 Å². The lowest BCUT2D eigenvalue weighted by Gasteiger charge is -2.02. The summed E-state index contributed by atoms with van der Waals surface area (Å²) >= 11 is 1.57. The van der Waals surface area contributed by atoms with Crippen LogP contribution >= 0.6 is 11.3 Å². The molecule has 13 heavy (non-hydrogen) atoms. The van der Waals surface area contributed by atoms with Gasteiger partial charge in [-0.2, -0.15) is 0 Å². The van der Waals surface area contributed by atoms with Gasteiger partial charge in [-0.05, 0) is 24.3 Å². The fourth-order valence-electron chi connectivity index (χ4n) is 1.08. The molecule has 0 radical (unpaired) electrons. The van der Waals surface area contributed by atoms with Crippen molar-refractivity contribution in [2.45, 2.75) is 24.6 Å². The topological polar surface area (TPSA) is 46.2 Å². The number of hydrogen-bond donors (Lipinski definition) is 1. The van der Waals surface area contributed by atoms with Crippen LogP contribution in [0.4, 0.5) is 0 Å². The van der Waals surface area contributed by atoms with E-state index >= 15 is 0 Å². The molecule has 1 fully saturated rings. The van der Waals surface area contributed by atoms with Crippen molar-refractivity contribution in [1.29, 1.82) is 0 Å². The van der Waals surface area contributed by atoms with Crippen molar-refractivity contribution < 1.29 is 8.42 Å². The molecule has 1 heterocycles. The highest BCUT2D eigenvalue weighted by atomic mass is 32.2. The van der Waals surface area contributed by atoms with Gasteiger partial charge in [0, 0.05) is 11.4 Å². The van der Waals surface area contributed by atoms with E-state index in [1.165, 1.54) is 0 Å². The van der Waals surface area contributed by atoms with Gasteiger partial charge in [-0.3, -0.25) is 0 Å². The lowest BCUT2D eigenvalue weighted by Crippen LogP contribution is -2.26. The molecule has 0 saturated heterocycles. The molecule has 0 aliphatic heterocycles. The van der Waals surface area contributed by atoms with Crippen LogP contribution in [0.3, 0.4) is 0 Å². The average Bonchev–Trinajstić information content (AvgIpc) is 2.82. The van der Waals surface area contributed by atoms with Gasteiger partial charge in [0.1, 0.15) is 0 Å². The van der Waals surface area contributed by atoms with E-state index in [9.17, 15) is 8.42 Å². The van der Waals surface area contributed by atoms with Gasteiger partial charge >= 0.3 is 0 Å². The summed E-state index contributed by atoms with van der Waals surface area (Å²) in [4.78, 5) is 1.06. The van der Waals surface area contributed by atoms with Crippen LogP contribution in [0, 0.1) is 0 Å². The summed E-state index contributed by atoms with van der Waals surface area (Å²) in [5.74, 6) is 0. The zero-order valence-corrected chi connectivity index (χ0v) is 8.70. The summed E-state index contributed by atoms with van der Waals surface area (Å²) in [6, 6.07) is 3.85. The van der Waals surface area contributed by atoms with Crippen molar-refractivity contribution in [3.8, 4) is 0 Å². The fourth-order valence-corrected chi connectivity index (χ4v) is 3.17. The normalized spacial score (nSPS) is 17.5. The molecule has 0 unspecified atom stereocenters. The molecule has 2 rings (SSSR count). The summed E-state index contributed by atoms with van der Waals surface area (Å²) in [7, 11) is -3.01. The monoisotopic (exact) mass is 217 g/mol. The summed E-state index contributed by atoms with van der Waals surface area (Å²) < 4.78 is 25.4. The molecule has 1 aromatic rings. The van der Waals surface area contributed by atoms with Crippen LogP contribution in [0.5, 0.6) is 0 Å². The Morgan fingerprint density at radius 1 is 1.54 bits per heavy atom. The molecule has 5 heteroatoms. The first kappa shape index (κ1) is 9.18. The molecule has 1 saturated carbocycles. The Morgan fingerprint density at radius 2 is 2.31 bits per heavy atom. The molecule has 72 valence electrons. The Labute approximate surface area is 81.8 Å². The lowest BCUT2D eigenvalue weighted by atomic mass is 10.5. The quantitative estimate of drug-likeness (QED) is 0.827. The minimum atomic E-state index is -3.01.